The average molecular weight is 301 g/mol. The molecular weight excluding hydrogens is 291 g/mol. The number of hydrogen-bond acceptors (Lipinski definition) is 4. The number of benzene rings is 1. The van der Waals surface area contributed by atoms with Gasteiger partial charge in [0.2, 0.25) is 5.88 Å². The fourth-order valence-corrected chi connectivity index (χ4v) is 1.66. The second-order valence-electron chi connectivity index (χ2n) is 4.02. The molecule has 21 heavy (non-hydrogen) atoms. The van der Waals surface area contributed by atoms with E-state index in [1.807, 2.05) is 0 Å². The van der Waals surface area contributed by atoms with Crippen LogP contribution in [0.15, 0.2) is 30.3 Å². The quantitative estimate of drug-likeness (QED) is 0.850. The van der Waals surface area contributed by atoms with Gasteiger partial charge in [-0.2, -0.15) is 23.0 Å². The molecule has 1 aromatic carbocycles. The molecule has 0 aliphatic rings. The van der Waals surface area contributed by atoms with Crippen LogP contribution in [0.2, 0.25) is 0 Å². The highest BCUT2D eigenvalue weighted by atomic mass is 19.4. The minimum Gasteiger partial charge on any atom is -0.449 e. The fourth-order valence-electron chi connectivity index (χ4n) is 1.66. The minimum atomic E-state index is -4.71. The van der Waals surface area contributed by atoms with Crippen LogP contribution >= 0.6 is 0 Å². The molecule has 3 N–H and O–H groups in total. The molecule has 0 radical (unpaired) electrons. The van der Waals surface area contributed by atoms with Gasteiger partial charge in [-0.1, -0.05) is 12.1 Å². The Balaban J connectivity index is 2.54. The van der Waals surface area contributed by atoms with Crippen molar-refractivity contribution in [2.45, 2.75) is 12.7 Å². The Morgan fingerprint density at radius 2 is 2.10 bits per heavy atom. The zero-order chi connectivity index (χ0) is 15.6. The first kappa shape index (κ1) is 14.9. The van der Waals surface area contributed by atoms with Crippen molar-refractivity contribution in [2.75, 3.05) is 0 Å². The van der Waals surface area contributed by atoms with Gasteiger partial charge in [0.15, 0.2) is 5.69 Å². The summed E-state index contributed by atoms with van der Waals surface area (Å²) >= 11 is 0. The van der Waals surface area contributed by atoms with E-state index in [1.54, 1.807) is 12.1 Å². The van der Waals surface area contributed by atoms with Gasteiger partial charge in [0.25, 0.3) is 0 Å². The maximum Gasteiger partial charge on any atom is 0.512 e. The van der Waals surface area contributed by atoms with Crippen molar-refractivity contribution in [2.24, 2.45) is 5.73 Å². The molecule has 6 nitrogen and oxygen atoms in total. The van der Waals surface area contributed by atoms with Gasteiger partial charge < -0.3 is 15.6 Å². The summed E-state index contributed by atoms with van der Waals surface area (Å²) in [5.74, 6) is -0.552. The first-order valence-electron chi connectivity index (χ1n) is 5.68. The van der Waals surface area contributed by atoms with Crippen LogP contribution in [-0.4, -0.2) is 21.0 Å². The van der Waals surface area contributed by atoms with E-state index in [4.69, 9.17) is 10.8 Å². The van der Waals surface area contributed by atoms with Crippen LogP contribution in [0.1, 0.15) is 11.3 Å². The van der Waals surface area contributed by atoms with Crippen molar-refractivity contribution in [3.63, 3.8) is 0 Å². The molecule has 9 heteroatoms. The summed E-state index contributed by atoms with van der Waals surface area (Å²) < 4.78 is 43.1. The lowest BCUT2D eigenvalue weighted by Crippen LogP contribution is -2.09. The van der Waals surface area contributed by atoms with E-state index in [2.05, 4.69) is 9.84 Å². The fraction of sp³-hybridized carbons (Fsp3) is 0.167. The molecule has 0 saturated heterocycles. The number of ether oxygens (including phenoxy) is 1. The van der Waals surface area contributed by atoms with Crippen molar-refractivity contribution in [1.82, 2.24) is 9.78 Å². The molecule has 1 heterocycles. The van der Waals surface area contributed by atoms with Crippen molar-refractivity contribution < 1.29 is 27.8 Å². The second kappa shape index (κ2) is 5.44. The van der Waals surface area contributed by atoms with E-state index >= 15 is 0 Å². The first-order valence-corrected chi connectivity index (χ1v) is 5.68. The lowest BCUT2D eigenvalue weighted by molar-refractivity contribution is -0.141. The third-order valence-corrected chi connectivity index (χ3v) is 2.55. The largest absolute Gasteiger partial charge is 0.512 e. The van der Waals surface area contributed by atoms with Crippen molar-refractivity contribution in [3.8, 4) is 11.6 Å². The van der Waals surface area contributed by atoms with Gasteiger partial charge in [0.1, 0.15) is 0 Å². The van der Waals surface area contributed by atoms with Crippen LogP contribution in [-0.2, 0) is 12.7 Å². The van der Waals surface area contributed by atoms with Gasteiger partial charge in [-0.25, -0.2) is 4.79 Å². The molecule has 0 saturated carbocycles. The van der Waals surface area contributed by atoms with Gasteiger partial charge in [-0.15, -0.1) is 0 Å². The molecule has 0 atom stereocenters. The predicted molar refractivity (Wildman–Crippen MR) is 65.1 cm³/mol. The summed E-state index contributed by atoms with van der Waals surface area (Å²) in [7, 11) is 0. The maximum atomic E-state index is 12.7. The molecule has 0 bridgehead atoms. The minimum absolute atomic E-state index is 0.177. The topological polar surface area (TPSA) is 90.4 Å². The molecule has 0 aliphatic carbocycles. The molecule has 0 fully saturated rings. The summed E-state index contributed by atoms with van der Waals surface area (Å²) in [4.78, 5) is 10.6. The zero-order valence-electron chi connectivity index (χ0n) is 10.5. The monoisotopic (exact) mass is 301 g/mol. The highest BCUT2D eigenvalue weighted by Gasteiger charge is 2.36. The Morgan fingerprint density at radius 1 is 1.38 bits per heavy atom. The third kappa shape index (κ3) is 3.31. The van der Waals surface area contributed by atoms with Crippen LogP contribution in [0.5, 0.6) is 5.88 Å². The maximum absolute atomic E-state index is 12.7. The number of nitrogens with two attached hydrogens (primary N) is 1. The number of hydrogen-bond donors (Lipinski definition) is 2. The highest BCUT2D eigenvalue weighted by molar-refractivity contribution is 5.61. The van der Waals surface area contributed by atoms with Gasteiger partial charge in [0.05, 0.1) is 5.69 Å². The Hall–Kier alpha value is -2.55. The van der Waals surface area contributed by atoms with E-state index in [-0.39, 0.29) is 12.2 Å². The molecule has 0 amide bonds. The molecule has 0 aliphatic heterocycles. The Kier molecular flexibility index (Phi) is 3.85. The van der Waals surface area contributed by atoms with Crippen LogP contribution < -0.4 is 10.5 Å². The Bertz CT molecular complexity index is 667. The summed E-state index contributed by atoms with van der Waals surface area (Å²) in [5, 5.41) is 11.9. The molecule has 0 spiro atoms. The molecule has 0 unspecified atom stereocenters. The van der Waals surface area contributed by atoms with Gasteiger partial charge >= 0.3 is 12.3 Å². The highest BCUT2D eigenvalue weighted by Crippen LogP contribution is 2.32. The smallest absolute Gasteiger partial charge is 0.449 e. The third-order valence-electron chi connectivity index (χ3n) is 2.55. The SMILES string of the molecule is NCc1cccc(-n2nc(C(F)(F)F)cc2OC(=O)O)c1. The molecule has 2 aromatic rings. The van der Waals surface area contributed by atoms with E-state index in [0.29, 0.717) is 11.6 Å². The lowest BCUT2D eigenvalue weighted by Gasteiger charge is -2.07. The number of carbonyl (C=O) groups is 1. The van der Waals surface area contributed by atoms with E-state index in [9.17, 15) is 18.0 Å². The summed E-state index contributed by atoms with van der Waals surface area (Å²) in [6.07, 6.45) is -6.45. The standard InChI is InChI=1S/C12H10F3N3O3/c13-12(14,15)9-5-10(21-11(19)20)18(17-9)8-3-1-2-7(4-8)6-16/h1-5H,6,16H2,(H,19,20). The summed E-state index contributed by atoms with van der Waals surface area (Å²) in [5.41, 5.74) is 5.07. The predicted octanol–water partition coefficient (Wildman–Crippen LogP) is 2.41. The van der Waals surface area contributed by atoms with Crippen molar-refractivity contribution >= 4 is 6.16 Å². The van der Waals surface area contributed by atoms with E-state index < -0.39 is 23.9 Å². The van der Waals surface area contributed by atoms with E-state index in [0.717, 1.165) is 4.68 Å². The summed E-state index contributed by atoms with van der Waals surface area (Å²) in [6, 6.07) is 6.71. The van der Waals surface area contributed by atoms with Crippen molar-refractivity contribution in [3.05, 3.63) is 41.6 Å². The number of halogens is 3. The average Bonchev–Trinajstić information content (AvgIpc) is 2.82. The zero-order valence-corrected chi connectivity index (χ0v) is 10.5. The van der Waals surface area contributed by atoms with Crippen LogP contribution in [0.25, 0.3) is 5.69 Å². The number of aromatic nitrogens is 2. The molecule has 112 valence electrons. The number of alkyl halides is 3. The first-order chi connectivity index (χ1) is 9.81. The summed E-state index contributed by atoms with van der Waals surface area (Å²) in [6.45, 7) is 0.177. The molecule has 1 aromatic heterocycles. The van der Waals surface area contributed by atoms with Gasteiger partial charge in [0, 0.05) is 12.6 Å². The Morgan fingerprint density at radius 3 is 2.67 bits per heavy atom. The number of carboxylic acid groups (broad SMARTS) is 1. The van der Waals surface area contributed by atoms with Crippen LogP contribution in [0.4, 0.5) is 18.0 Å². The second-order valence-corrected chi connectivity index (χ2v) is 4.02. The molecule has 2 rings (SSSR count). The number of rotatable bonds is 3. The van der Waals surface area contributed by atoms with Gasteiger partial charge in [-0.3, -0.25) is 0 Å². The molecular formula is C12H10F3N3O3. The van der Waals surface area contributed by atoms with Gasteiger partial charge in [-0.05, 0) is 17.7 Å². The van der Waals surface area contributed by atoms with Crippen molar-refractivity contribution in [1.29, 1.82) is 0 Å². The van der Waals surface area contributed by atoms with E-state index in [1.165, 1.54) is 12.1 Å². The lowest BCUT2D eigenvalue weighted by atomic mass is 10.2. The van der Waals surface area contributed by atoms with Crippen LogP contribution in [0.3, 0.4) is 0 Å². The number of nitrogens with zero attached hydrogens (tertiary/aromatic N) is 2. The normalized spacial score (nSPS) is 11.4. The Labute approximate surface area is 116 Å². The van der Waals surface area contributed by atoms with Crippen LogP contribution in [0, 0.1) is 0 Å².